The van der Waals surface area contributed by atoms with Crippen molar-refractivity contribution in [1.82, 2.24) is 0 Å². The Kier molecular flexibility index (Phi) is 23.4. The molecular weight excluding hydrogens is 549 g/mol. The van der Waals surface area contributed by atoms with E-state index in [9.17, 15) is 24.0 Å². The van der Waals surface area contributed by atoms with Crippen LogP contribution in [-0.2, 0) is 42.9 Å². The van der Waals surface area contributed by atoms with Crippen molar-refractivity contribution < 1.29 is 48.0 Å². The van der Waals surface area contributed by atoms with Crippen LogP contribution in [0.5, 0.6) is 0 Å². The van der Waals surface area contributed by atoms with Crippen molar-refractivity contribution in [3.8, 4) is 0 Å². The van der Waals surface area contributed by atoms with Gasteiger partial charge in [0.25, 0.3) is 0 Å². The minimum atomic E-state index is -1.25. The normalized spacial score (nSPS) is 10.4. The number of thiol groups is 5. The number of hydrogen-bond donors (Lipinski definition) is 6. The van der Waals surface area contributed by atoms with Gasteiger partial charge in [-0.2, -0.15) is 63.1 Å². The van der Waals surface area contributed by atoms with Gasteiger partial charge in [-0.3, -0.25) is 24.0 Å². The molecule has 0 spiro atoms. The van der Waals surface area contributed by atoms with Gasteiger partial charge in [0, 0.05) is 23.0 Å². The van der Waals surface area contributed by atoms with Gasteiger partial charge in [0.05, 0.1) is 31.4 Å². The van der Waals surface area contributed by atoms with E-state index >= 15 is 0 Å². The molecule has 10 nitrogen and oxygen atoms in total. The second-order valence-corrected chi connectivity index (χ2v) is 8.69. The summed E-state index contributed by atoms with van der Waals surface area (Å²) in [6.45, 7) is -1.13. The Morgan fingerprint density at radius 3 is 0.882 bits per heavy atom. The third kappa shape index (κ3) is 20.5. The maximum absolute atomic E-state index is 11.8. The van der Waals surface area contributed by atoms with Crippen LogP contribution < -0.4 is 0 Å². The molecule has 0 heterocycles. The van der Waals surface area contributed by atoms with E-state index < -0.39 is 35.3 Å². The molecule has 0 saturated carbocycles. The summed E-state index contributed by atoms with van der Waals surface area (Å²) in [6.07, 6.45) is 0.268. The summed E-state index contributed by atoms with van der Waals surface area (Å²) in [7, 11) is 0. The zero-order chi connectivity index (χ0) is 26.4. The van der Waals surface area contributed by atoms with Gasteiger partial charge in [-0.1, -0.05) is 0 Å². The van der Waals surface area contributed by atoms with E-state index in [-0.39, 0.29) is 80.9 Å². The highest BCUT2D eigenvalue weighted by atomic mass is 32.1. The molecule has 0 fully saturated rings. The van der Waals surface area contributed by atoms with Crippen LogP contribution in [0.2, 0.25) is 0 Å². The molecule has 0 saturated heterocycles. The maximum Gasteiger partial charge on any atom is 0.313 e. The summed E-state index contributed by atoms with van der Waals surface area (Å²) < 4.78 is 20.9. The fraction of sp³-hybridized carbons (Fsp3) is 0.737. The molecule has 0 aliphatic rings. The largest absolute Gasteiger partial charge is 0.481 e. The first-order chi connectivity index (χ1) is 16.1. The Hall–Kier alpha value is -0.900. The van der Waals surface area contributed by atoms with Crippen LogP contribution in [0.25, 0.3) is 0 Å². The zero-order valence-electron chi connectivity index (χ0n) is 18.5. The molecule has 0 aromatic rings. The molecule has 0 aromatic carbocycles. The summed E-state index contributed by atoms with van der Waals surface area (Å²) in [5, 5.41) is 7.65. The fourth-order valence-electron chi connectivity index (χ4n) is 1.84. The predicted molar refractivity (Wildman–Crippen MR) is 142 cm³/mol. The number of rotatable bonds is 17. The number of carboxylic acids is 1. The SMILES string of the molecule is O=C(CCS)OCC(COC(=O)CCS)(COC(=O)CCS)COC(=O)CCS.O=C(O)CS. The molecule has 0 bridgehead atoms. The summed E-state index contributed by atoms with van der Waals surface area (Å²) in [4.78, 5) is 56.4. The molecule has 198 valence electrons. The average molecular weight is 581 g/mol. The van der Waals surface area contributed by atoms with Crippen LogP contribution >= 0.6 is 63.1 Å². The molecule has 0 radical (unpaired) electrons. The van der Waals surface area contributed by atoms with Gasteiger partial charge in [0.2, 0.25) is 0 Å². The van der Waals surface area contributed by atoms with Crippen LogP contribution in [0.1, 0.15) is 25.7 Å². The predicted octanol–water partition coefficient (Wildman–Crippen LogP) is 1.43. The number of esters is 4. The van der Waals surface area contributed by atoms with Crippen LogP contribution in [0.15, 0.2) is 0 Å². The first-order valence-electron chi connectivity index (χ1n) is 9.98. The van der Waals surface area contributed by atoms with Gasteiger partial charge in [-0.15, -0.1) is 0 Å². The smallest absolute Gasteiger partial charge is 0.313 e. The van der Waals surface area contributed by atoms with Crippen LogP contribution in [0.3, 0.4) is 0 Å². The summed E-state index contributed by atoms with van der Waals surface area (Å²) in [5.74, 6) is -1.94. The Balaban J connectivity index is 0. The molecule has 0 aliphatic heterocycles. The maximum atomic E-state index is 11.8. The number of carboxylic acid groups (broad SMARTS) is 1. The fourth-order valence-corrected chi connectivity index (χ4v) is 2.57. The topological polar surface area (TPSA) is 142 Å². The summed E-state index contributed by atoms with van der Waals surface area (Å²) in [5.41, 5.74) is -1.25. The molecule has 0 aliphatic carbocycles. The minimum Gasteiger partial charge on any atom is -0.481 e. The quantitative estimate of drug-likeness (QED) is 0.0850. The third-order valence-electron chi connectivity index (χ3n) is 3.56. The number of carbonyl (C=O) groups excluding carboxylic acids is 4. The average Bonchev–Trinajstić information content (AvgIpc) is 2.79. The van der Waals surface area contributed by atoms with Crippen molar-refractivity contribution in [3.05, 3.63) is 0 Å². The van der Waals surface area contributed by atoms with Crippen molar-refractivity contribution in [2.24, 2.45) is 5.41 Å². The summed E-state index contributed by atoms with van der Waals surface area (Å²) in [6, 6.07) is 0. The van der Waals surface area contributed by atoms with Gasteiger partial charge < -0.3 is 24.1 Å². The van der Waals surface area contributed by atoms with Gasteiger partial charge in [-0.25, -0.2) is 0 Å². The van der Waals surface area contributed by atoms with E-state index in [0.717, 1.165) is 0 Å². The highest BCUT2D eigenvalue weighted by molar-refractivity contribution is 7.81. The Morgan fingerprint density at radius 2 is 0.735 bits per heavy atom. The van der Waals surface area contributed by atoms with E-state index in [4.69, 9.17) is 24.1 Å². The van der Waals surface area contributed by atoms with Crippen LogP contribution in [0.4, 0.5) is 0 Å². The lowest BCUT2D eigenvalue weighted by Crippen LogP contribution is -2.44. The Bertz CT molecular complexity index is 539. The molecule has 34 heavy (non-hydrogen) atoms. The number of ether oxygens (including phenoxy) is 4. The second-order valence-electron chi connectivity index (χ2n) is 6.59. The minimum absolute atomic E-state index is 0.0670. The van der Waals surface area contributed by atoms with Gasteiger partial charge >= 0.3 is 29.8 Å². The molecule has 0 aromatic heterocycles. The Morgan fingerprint density at radius 1 is 0.529 bits per heavy atom. The monoisotopic (exact) mass is 580 g/mol. The van der Waals surface area contributed by atoms with E-state index in [1.165, 1.54) is 0 Å². The van der Waals surface area contributed by atoms with Crippen molar-refractivity contribution >= 4 is 93.0 Å². The van der Waals surface area contributed by atoms with Crippen molar-refractivity contribution in [3.63, 3.8) is 0 Å². The molecular formula is C19H32O10S5. The van der Waals surface area contributed by atoms with Gasteiger partial charge in [0.15, 0.2) is 0 Å². The second kappa shape index (κ2) is 22.6. The van der Waals surface area contributed by atoms with E-state index in [1.54, 1.807) is 0 Å². The van der Waals surface area contributed by atoms with Crippen molar-refractivity contribution in [1.29, 1.82) is 0 Å². The van der Waals surface area contributed by atoms with E-state index in [1.807, 2.05) is 0 Å². The van der Waals surface area contributed by atoms with Gasteiger partial charge in [-0.05, 0) is 0 Å². The number of aliphatic carboxylic acids is 1. The van der Waals surface area contributed by atoms with E-state index in [0.29, 0.717) is 0 Å². The molecule has 15 heteroatoms. The van der Waals surface area contributed by atoms with Crippen LogP contribution in [0, 0.1) is 5.41 Å². The lowest BCUT2D eigenvalue weighted by molar-refractivity contribution is -0.170. The van der Waals surface area contributed by atoms with Crippen molar-refractivity contribution in [2.75, 3.05) is 55.2 Å². The molecule has 1 N–H and O–H groups in total. The standard InChI is InChI=1S/C17H28O8S4.C2H4O2S/c18-13(1-5-26)22-9-17(10-23-14(19)2-6-27,11-24-15(20)3-7-28)12-25-16(21)4-8-29;3-2(4)1-5/h26-29H,1-12H2;5H,1H2,(H,3,4). The highest BCUT2D eigenvalue weighted by Crippen LogP contribution is 2.22. The first kappa shape index (κ1) is 35.3. The third-order valence-corrected chi connectivity index (χ3v) is 4.72. The number of carbonyl (C=O) groups is 5. The zero-order valence-corrected chi connectivity index (χ0v) is 23.0. The highest BCUT2D eigenvalue weighted by Gasteiger charge is 2.37. The van der Waals surface area contributed by atoms with E-state index in [2.05, 4.69) is 63.1 Å². The Labute approximate surface area is 226 Å². The summed E-state index contributed by atoms with van der Waals surface area (Å²) >= 11 is 19.3. The molecule has 0 atom stereocenters. The number of hydrogen-bond acceptors (Lipinski definition) is 14. The first-order valence-corrected chi connectivity index (χ1v) is 13.1. The lowest BCUT2D eigenvalue weighted by atomic mass is 9.92. The van der Waals surface area contributed by atoms with Crippen molar-refractivity contribution in [2.45, 2.75) is 25.7 Å². The molecule has 0 amide bonds. The van der Waals surface area contributed by atoms with Crippen LogP contribution in [-0.4, -0.2) is 90.1 Å². The lowest BCUT2D eigenvalue weighted by Gasteiger charge is -2.31. The molecule has 0 rings (SSSR count). The molecule has 0 unspecified atom stereocenters. The van der Waals surface area contributed by atoms with Gasteiger partial charge in [0.1, 0.15) is 31.8 Å².